The molecular weight excluding hydrogens is 270 g/mol. The first kappa shape index (κ1) is 13.0. The Hall–Kier alpha value is -1.73. The van der Waals surface area contributed by atoms with Gasteiger partial charge in [-0.3, -0.25) is 4.90 Å². The lowest BCUT2D eigenvalue weighted by molar-refractivity contribution is -0.0679. The normalized spacial score (nSPS) is 25.6. The zero-order valence-electron chi connectivity index (χ0n) is 12.1. The summed E-state index contributed by atoms with van der Waals surface area (Å²) in [5.74, 6) is 0.931. The summed E-state index contributed by atoms with van der Waals surface area (Å²) in [6.07, 6.45) is 3.96. The number of hydrogen-bond acceptors (Lipinski definition) is 6. The molecule has 1 saturated heterocycles. The van der Waals surface area contributed by atoms with Gasteiger partial charge in [-0.15, -0.1) is 5.10 Å². The minimum Gasteiger partial charge on any atom is -0.370 e. The maximum absolute atomic E-state index is 5.92. The van der Waals surface area contributed by atoms with Gasteiger partial charge >= 0.3 is 0 Å². The van der Waals surface area contributed by atoms with Gasteiger partial charge in [0.25, 0.3) is 0 Å². The fraction of sp³-hybridized carbons (Fsp3) is 0.643. The second kappa shape index (κ2) is 5.23. The molecule has 0 unspecified atom stereocenters. The second-order valence-corrected chi connectivity index (χ2v) is 5.75. The van der Waals surface area contributed by atoms with Crippen LogP contribution in [0.2, 0.25) is 0 Å². The summed E-state index contributed by atoms with van der Waals surface area (Å²) in [6.45, 7) is 5.41. The number of rotatable bonds is 3. The third kappa shape index (κ3) is 2.36. The number of hydrogen-bond donors (Lipinski definition) is 0. The molecule has 4 heterocycles. The van der Waals surface area contributed by atoms with Crippen molar-refractivity contribution < 1.29 is 9.26 Å². The first-order valence-electron chi connectivity index (χ1n) is 7.51. The summed E-state index contributed by atoms with van der Waals surface area (Å²) in [4.78, 5) is 2.38. The number of likely N-dealkylation sites (tertiary alicyclic amines) is 1. The van der Waals surface area contributed by atoms with Gasteiger partial charge in [-0.1, -0.05) is 17.3 Å². The Morgan fingerprint density at radius 3 is 3.24 bits per heavy atom. The van der Waals surface area contributed by atoms with Gasteiger partial charge in [-0.2, -0.15) is 0 Å². The molecule has 2 aromatic heterocycles. The Bertz CT molecular complexity index is 622. The Morgan fingerprint density at radius 2 is 2.38 bits per heavy atom. The van der Waals surface area contributed by atoms with E-state index in [4.69, 9.17) is 9.26 Å². The third-order valence-electron chi connectivity index (χ3n) is 4.36. The van der Waals surface area contributed by atoms with Crippen LogP contribution < -0.4 is 0 Å². The number of ether oxygens (including phenoxy) is 1. The van der Waals surface area contributed by atoms with E-state index in [1.54, 1.807) is 6.20 Å². The summed E-state index contributed by atoms with van der Waals surface area (Å²) in [5, 5.41) is 12.3. The van der Waals surface area contributed by atoms with Crippen LogP contribution in [0.5, 0.6) is 0 Å². The van der Waals surface area contributed by atoms with Crippen molar-refractivity contribution in [2.24, 2.45) is 0 Å². The molecular formula is C14H19N5O2. The summed E-state index contributed by atoms with van der Waals surface area (Å²) >= 11 is 0. The van der Waals surface area contributed by atoms with Crippen LogP contribution in [-0.4, -0.2) is 44.2 Å². The Morgan fingerprint density at radius 1 is 1.43 bits per heavy atom. The Labute approximate surface area is 122 Å². The third-order valence-corrected chi connectivity index (χ3v) is 4.36. The van der Waals surface area contributed by atoms with Gasteiger partial charge in [0.15, 0.2) is 5.76 Å². The van der Waals surface area contributed by atoms with E-state index in [9.17, 15) is 0 Å². The zero-order valence-corrected chi connectivity index (χ0v) is 12.1. The van der Waals surface area contributed by atoms with Gasteiger partial charge in [-0.25, -0.2) is 4.68 Å². The molecule has 2 atom stereocenters. The number of piperidine rings is 1. The van der Waals surface area contributed by atoms with E-state index >= 15 is 0 Å². The number of aromatic nitrogens is 4. The second-order valence-electron chi connectivity index (χ2n) is 5.75. The van der Waals surface area contributed by atoms with Gasteiger partial charge in [0.1, 0.15) is 0 Å². The number of nitrogens with zero attached hydrogens (tertiary/aromatic N) is 5. The van der Waals surface area contributed by atoms with Crippen LogP contribution in [0.25, 0.3) is 0 Å². The summed E-state index contributed by atoms with van der Waals surface area (Å²) in [7, 11) is 0. The molecule has 0 bridgehead atoms. The predicted molar refractivity (Wildman–Crippen MR) is 73.4 cm³/mol. The highest BCUT2D eigenvalue weighted by Gasteiger charge is 2.36. The van der Waals surface area contributed by atoms with E-state index in [1.165, 1.54) is 0 Å². The topological polar surface area (TPSA) is 69.2 Å². The molecule has 2 aliphatic rings. The monoisotopic (exact) mass is 289 g/mol. The lowest BCUT2D eigenvalue weighted by Gasteiger charge is -2.40. The van der Waals surface area contributed by atoms with Gasteiger partial charge in [0.05, 0.1) is 42.9 Å². The largest absolute Gasteiger partial charge is 0.370 e. The van der Waals surface area contributed by atoms with E-state index in [0.29, 0.717) is 6.61 Å². The molecule has 0 aliphatic carbocycles. The highest BCUT2D eigenvalue weighted by Crippen LogP contribution is 2.30. The fourth-order valence-electron chi connectivity index (χ4n) is 3.21. The molecule has 112 valence electrons. The predicted octanol–water partition coefficient (Wildman–Crippen LogP) is 1.17. The average molecular weight is 289 g/mol. The van der Waals surface area contributed by atoms with Crippen LogP contribution in [0, 0.1) is 0 Å². The van der Waals surface area contributed by atoms with Crippen LogP contribution in [0.1, 0.15) is 36.5 Å². The van der Waals surface area contributed by atoms with E-state index in [1.807, 2.05) is 10.7 Å². The molecule has 0 radical (unpaired) electrons. The maximum atomic E-state index is 5.92. The van der Waals surface area contributed by atoms with Crippen LogP contribution in [0.4, 0.5) is 0 Å². The van der Waals surface area contributed by atoms with Crippen LogP contribution in [0.3, 0.4) is 0 Å². The Kier molecular flexibility index (Phi) is 3.23. The molecule has 0 N–H and O–H groups in total. The first-order valence-corrected chi connectivity index (χ1v) is 7.51. The molecule has 0 saturated carbocycles. The highest BCUT2D eigenvalue weighted by atomic mass is 16.5. The van der Waals surface area contributed by atoms with Crippen molar-refractivity contribution in [1.82, 2.24) is 25.1 Å². The smallest absolute Gasteiger partial charge is 0.150 e. The van der Waals surface area contributed by atoms with E-state index < -0.39 is 0 Å². The minimum absolute atomic E-state index is 0.247. The average Bonchev–Trinajstić information content (AvgIpc) is 3.15. The summed E-state index contributed by atoms with van der Waals surface area (Å²) < 4.78 is 13.3. The molecule has 7 nitrogen and oxygen atoms in total. The van der Waals surface area contributed by atoms with Gasteiger partial charge < -0.3 is 9.26 Å². The van der Waals surface area contributed by atoms with Gasteiger partial charge in [0, 0.05) is 19.2 Å². The van der Waals surface area contributed by atoms with E-state index in [0.717, 1.165) is 49.6 Å². The number of fused-ring (bicyclic) bond motifs is 3. The molecule has 2 aromatic rings. The van der Waals surface area contributed by atoms with Crippen molar-refractivity contribution in [2.75, 3.05) is 13.1 Å². The molecule has 2 aliphatic heterocycles. The van der Waals surface area contributed by atoms with Crippen molar-refractivity contribution in [3.05, 3.63) is 29.4 Å². The molecule has 0 aromatic carbocycles. The minimum atomic E-state index is 0.247. The van der Waals surface area contributed by atoms with Gasteiger partial charge in [-0.05, 0) is 12.8 Å². The van der Waals surface area contributed by atoms with Crippen molar-refractivity contribution in [2.45, 2.75) is 45.1 Å². The van der Waals surface area contributed by atoms with Crippen LogP contribution in [0.15, 0.2) is 16.8 Å². The van der Waals surface area contributed by atoms with E-state index in [-0.39, 0.29) is 12.1 Å². The Balaban J connectivity index is 1.48. The van der Waals surface area contributed by atoms with Crippen molar-refractivity contribution >= 4 is 0 Å². The van der Waals surface area contributed by atoms with Crippen molar-refractivity contribution in [1.29, 1.82) is 0 Å². The SMILES string of the molecule is CCc1cc(CN2CC[C@@H]3OCc4cnnn4[C@H]3C2)on1. The molecule has 1 fully saturated rings. The quantitative estimate of drug-likeness (QED) is 0.845. The van der Waals surface area contributed by atoms with E-state index in [2.05, 4.69) is 27.3 Å². The van der Waals surface area contributed by atoms with Crippen LogP contribution in [-0.2, 0) is 24.3 Å². The summed E-state index contributed by atoms with van der Waals surface area (Å²) in [6, 6.07) is 2.29. The number of aryl methyl sites for hydroxylation is 1. The highest BCUT2D eigenvalue weighted by molar-refractivity contribution is 5.06. The first-order chi connectivity index (χ1) is 10.3. The van der Waals surface area contributed by atoms with Gasteiger partial charge in [0.2, 0.25) is 0 Å². The fourth-order valence-corrected chi connectivity index (χ4v) is 3.21. The molecule has 4 rings (SSSR count). The molecule has 0 amide bonds. The molecule has 21 heavy (non-hydrogen) atoms. The standard InChI is InChI=1S/C14H19N5O2/c1-2-10-5-12(21-16-10)7-18-4-3-14-13(8-18)19-11(9-20-14)6-15-17-19/h5-6,13-14H,2-4,7-9H2,1H3/t13-,14-/m0/s1. The lowest BCUT2D eigenvalue weighted by atomic mass is 10.0. The molecule has 0 spiro atoms. The summed E-state index contributed by atoms with van der Waals surface area (Å²) in [5.41, 5.74) is 2.07. The maximum Gasteiger partial charge on any atom is 0.150 e. The van der Waals surface area contributed by atoms with Crippen molar-refractivity contribution in [3.63, 3.8) is 0 Å². The van der Waals surface area contributed by atoms with Crippen molar-refractivity contribution in [3.8, 4) is 0 Å². The lowest BCUT2D eigenvalue weighted by Crippen LogP contribution is -2.47. The zero-order chi connectivity index (χ0) is 14.2. The van der Waals surface area contributed by atoms with Crippen LogP contribution >= 0.6 is 0 Å². The molecule has 7 heteroatoms.